The summed E-state index contributed by atoms with van der Waals surface area (Å²) in [6, 6.07) is 11.7. The number of ether oxygens (including phenoxy) is 1. The van der Waals surface area contributed by atoms with Gasteiger partial charge in [0.1, 0.15) is 5.75 Å². The van der Waals surface area contributed by atoms with Crippen molar-refractivity contribution in [2.75, 3.05) is 6.61 Å². The SMILES string of the molecule is NC(=O)COc1ccc(Cl)cc1/C=C1\SC(=O)N(Cc2cccc(Cl)c2)C1=O. The maximum atomic E-state index is 12.7. The number of imide groups is 1. The van der Waals surface area contributed by atoms with E-state index < -0.39 is 17.1 Å². The minimum Gasteiger partial charge on any atom is -0.483 e. The highest BCUT2D eigenvalue weighted by Crippen LogP contribution is 2.35. The second-order valence-electron chi connectivity index (χ2n) is 5.83. The van der Waals surface area contributed by atoms with Crippen molar-refractivity contribution in [2.24, 2.45) is 5.73 Å². The van der Waals surface area contributed by atoms with Gasteiger partial charge in [0.2, 0.25) is 0 Å². The van der Waals surface area contributed by atoms with Gasteiger partial charge in [-0.3, -0.25) is 19.3 Å². The fourth-order valence-corrected chi connectivity index (χ4v) is 3.73. The molecule has 2 aromatic rings. The van der Waals surface area contributed by atoms with Gasteiger partial charge in [0.25, 0.3) is 17.1 Å². The first-order valence-electron chi connectivity index (χ1n) is 8.04. The third-order valence-electron chi connectivity index (χ3n) is 3.73. The Balaban J connectivity index is 1.85. The number of hydrogen-bond donors (Lipinski definition) is 1. The van der Waals surface area contributed by atoms with Gasteiger partial charge in [-0.05, 0) is 53.7 Å². The van der Waals surface area contributed by atoms with Crippen LogP contribution in [0.15, 0.2) is 47.4 Å². The molecule has 0 aromatic heterocycles. The van der Waals surface area contributed by atoms with Crippen LogP contribution in [0.3, 0.4) is 0 Å². The lowest BCUT2D eigenvalue weighted by molar-refractivity contribution is -0.123. The zero-order chi connectivity index (χ0) is 20.3. The maximum absolute atomic E-state index is 12.7. The Labute approximate surface area is 175 Å². The van der Waals surface area contributed by atoms with Gasteiger partial charge in [0, 0.05) is 15.6 Å². The van der Waals surface area contributed by atoms with E-state index in [2.05, 4.69) is 0 Å². The van der Waals surface area contributed by atoms with E-state index >= 15 is 0 Å². The third-order valence-corrected chi connectivity index (χ3v) is 5.11. The van der Waals surface area contributed by atoms with Crippen molar-refractivity contribution >= 4 is 58.1 Å². The summed E-state index contributed by atoms with van der Waals surface area (Å²) in [7, 11) is 0. The summed E-state index contributed by atoms with van der Waals surface area (Å²) < 4.78 is 5.35. The summed E-state index contributed by atoms with van der Waals surface area (Å²) in [5.74, 6) is -0.747. The lowest BCUT2D eigenvalue weighted by atomic mass is 10.1. The molecule has 1 fully saturated rings. The molecule has 0 bridgehead atoms. The Kier molecular flexibility index (Phi) is 6.28. The number of carbonyl (C=O) groups is 3. The van der Waals surface area contributed by atoms with Crippen molar-refractivity contribution in [3.05, 3.63) is 68.5 Å². The highest BCUT2D eigenvalue weighted by molar-refractivity contribution is 8.18. The monoisotopic (exact) mass is 436 g/mol. The Hall–Kier alpha value is -2.48. The second-order valence-corrected chi connectivity index (χ2v) is 7.70. The number of nitrogens with zero attached hydrogens (tertiary/aromatic N) is 1. The molecule has 1 aliphatic heterocycles. The van der Waals surface area contributed by atoms with Gasteiger partial charge < -0.3 is 10.5 Å². The molecule has 1 heterocycles. The molecule has 28 heavy (non-hydrogen) atoms. The van der Waals surface area contributed by atoms with Gasteiger partial charge in [-0.1, -0.05) is 35.3 Å². The molecule has 144 valence electrons. The zero-order valence-corrected chi connectivity index (χ0v) is 16.7. The Morgan fingerprint density at radius 2 is 1.89 bits per heavy atom. The lowest BCUT2D eigenvalue weighted by Crippen LogP contribution is -2.27. The highest BCUT2D eigenvalue weighted by Gasteiger charge is 2.35. The van der Waals surface area contributed by atoms with Gasteiger partial charge in [0.05, 0.1) is 11.4 Å². The van der Waals surface area contributed by atoms with E-state index in [0.717, 1.165) is 22.2 Å². The standard InChI is InChI=1S/C19H14Cl2N2O4S/c20-13-3-1-2-11(6-13)9-23-18(25)16(28-19(23)26)8-12-7-14(21)4-5-15(12)27-10-17(22)24/h1-8H,9-10H2,(H2,22,24)/b16-8-. The zero-order valence-electron chi connectivity index (χ0n) is 14.4. The largest absolute Gasteiger partial charge is 0.483 e. The Morgan fingerprint density at radius 1 is 1.14 bits per heavy atom. The second kappa shape index (κ2) is 8.68. The summed E-state index contributed by atoms with van der Waals surface area (Å²) in [4.78, 5) is 37.3. The minimum atomic E-state index is -0.636. The number of hydrogen-bond acceptors (Lipinski definition) is 5. The molecule has 2 N–H and O–H groups in total. The molecule has 6 nitrogen and oxygen atoms in total. The van der Waals surface area contributed by atoms with E-state index in [9.17, 15) is 14.4 Å². The number of halogens is 2. The van der Waals surface area contributed by atoms with Crippen LogP contribution in [0.4, 0.5) is 4.79 Å². The molecule has 0 atom stereocenters. The first-order chi connectivity index (χ1) is 13.3. The van der Waals surface area contributed by atoms with Crippen molar-refractivity contribution < 1.29 is 19.1 Å². The molecule has 3 amide bonds. The fourth-order valence-electron chi connectivity index (χ4n) is 2.51. The number of primary amides is 1. The van der Waals surface area contributed by atoms with Gasteiger partial charge in [-0.2, -0.15) is 0 Å². The van der Waals surface area contributed by atoms with Crippen LogP contribution in [0.2, 0.25) is 10.0 Å². The van der Waals surface area contributed by atoms with Gasteiger partial charge in [-0.15, -0.1) is 0 Å². The average Bonchev–Trinajstić information content (AvgIpc) is 2.88. The van der Waals surface area contributed by atoms with Crippen molar-refractivity contribution in [1.82, 2.24) is 4.90 Å². The lowest BCUT2D eigenvalue weighted by Gasteiger charge is -2.12. The number of rotatable bonds is 6. The van der Waals surface area contributed by atoms with Crippen LogP contribution in [0.25, 0.3) is 6.08 Å². The van der Waals surface area contributed by atoms with E-state index in [4.69, 9.17) is 33.7 Å². The van der Waals surface area contributed by atoms with Gasteiger partial charge in [0.15, 0.2) is 6.61 Å². The minimum absolute atomic E-state index is 0.114. The molecule has 0 unspecified atom stereocenters. The van der Waals surface area contributed by atoms with Crippen molar-refractivity contribution in [3.63, 3.8) is 0 Å². The van der Waals surface area contributed by atoms with Crippen LogP contribution in [0, 0.1) is 0 Å². The third kappa shape index (κ3) is 4.86. The maximum Gasteiger partial charge on any atom is 0.293 e. The molecular formula is C19H14Cl2N2O4S. The van der Waals surface area contributed by atoms with Gasteiger partial charge in [-0.25, -0.2) is 0 Å². The number of carbonyl (C=O) groups excluding carboxylic acids is 3. The molecule has 0 saturated carbocycles. The molecule has 2 aromatic carbocycles. The van der Waals surface area contributed by atoms with Crippen LogP contribution in [0.1, 0.15) is 11.1 Å². The summed E-state index contributed by atoms with van der Waals surface area (Å²) in [5, 5.41) is 0.545. The summed E-state index contributed by atoms with van der Waals surface area (Å²) in [5.41, 5.74) is 6.30. The van der Waals surface area contributed by atoms with Crippen LogP contribution in [-0.2, 0) is 16.1 Å². The number of thioether (sulfide) groups is 1. The van der Waals surface area contributed by atoms with E-state index in [-0.39, 0.29) is 18.1 Å². The molecule has 9 heteroatoms. The average molecular weight is 437 g/mol. The van der Waals surface area contributed by atoms with Crippen LogP contribution >= 0.6 is 35.0 Å². The smallest absolute Gasteiger partial charge is 0.293 e. The van der Waals surface area contributed by atoms with E-state index in [1.54, 1.807) is 42.5 Å². The van der Waals surface area contributed by atoms with Gasteiger partial charge >= 0.3 is 0 Å². The molecule has 0 aliphatic carbocycles. The van der Waals surface area contributed by atoms with E-state index in [0.29, 0.717) is 21.4 Å². The summed E-state index contributed by atoms with van der Waals surface area (Å²) >= 11 is 12.8. The topological polar surface area (TPSA) is 89.7 Å². The van der Waals surface area contributed by atoms with Crippen molar-refractivity contribution in [2.45, 2.75) is 6.54 Å². The fraction of sp³-hybridized carbons (Fsp3) is 0.105. The summed E-state index contributed by atoms with van der Waals surface area (Å²) in [6.45, 7) is -0.206. The van der Waals surface area contributed by atoms with Crippen LogP contribution in [0.5, 0.6) is 5.75 Å². The normalized spacial score (nSPS) is 15.4. The molecular weight excluding hydrogens is 423 g/mol. The van der Waals surface area contributed by atoms with Crippen molar-refractivity contribution in [1.29, 1.82) is 0 Å². The van der Waals surface area contributed by atoms with Crippen molar-refractivity contribution in [3.8, 4) is 5.75 Å². The molecule has 0 spiro atoms. The van der Waals surface area contributed by atoms with Crippen LogP contribution < -0.4 is 10.5 Å². The molecule has 3 rings (SSSR count). The Morgan fingerprint density at radius 3 is 2.61 bits per heavy atom. The summed E-state index contributed by atoms with van der Waals surface area (Å²) in [6.07, 6.45) is 1.51. The Bertz CT molecular complexity index is 994. The number of amides is 3. The predicted molar refractivity (Wildman–Crippen MR) is 109 cm³/mol. The molecule has 1 saturated heterocycles. The number of nitrogens with two attached hydrogens (primary N) is 1. The van der Waals surface area contributed by atoms with E-state index in [1.807, 2.05) is 0 Å². The highest BCUT2D eigenvalue weighted by atomic mass is 35.5. The predicted octanol–water partition coefficient (Wildman–Crippen LogP) is 4.09. The number of benzene rings is 2. The van der Waals surface area contributed by atoms with E-state index in [1.165, 1.54) is 6.08 Å². The molecule has 1 aliphatic rings. The van der Waals surface area contributed by atoms with Crippen LogP contribution in [-0.4, -0.2) is 28.6 Å². The molecule has 0 radical (unpaired) electrons. The first-order valence-corrected chi connectivity index (χ1v) is 9.61. The first kappa shape index (κ1) is 20.3. The quantitative estimate of drug-likeness (QED) is 0.688.